The molecule has 0 fully saturated rings. The summed E-state index contributed by atoms with van der Waals surface area (Å²) >= 11 is 0. The van der Waals surface area contributed by atoms with Gasteiger partial charge in [0.25, 0.3) is 0 Å². The minimum atomic E-state index is 0.0514. The summed E-state index contributed by atoms with van der Waals surface area (Å²) in [6, 6.07) is 1.75. The van der Waals surface area contributed by atoms with Gasteiger partial charge in [-0.15, -0.1) is 0 Å². The van der Waals surface area contributed by atoms with Crippen molar-refractivity contribution >= 4 is 0 Å². The van der Waals surface area contributed by atoms with Crippen LogP contribution in [-0.4, -0.2) is 17.6 Å². The maximum absolute atomic E-state index is 11.2. The Morgan fingerprint density at radius 3 is 3.08 bits per heavy atom. The molecule has 1 rings (SSSR count). The summed E-state index contributed by atoms with van der Waals surface area (Å²) in [6.45, 7) is 3.12. The summed E-state index contributed by atoms with van der Waals surface area (Å²) < 4.78 is 0. The van der Waals surface area contributed by atoms with Gasteiger partial charge in [-0.1, -0.05) is 0 Å². The predicted molar refractivity (Wildman–Crippen MR) is 52.4 cm³/mol. The van der Waals surface area contributed by atoms with Crippen molar-refractivity contribution in [1.29, 1.82) is 0 Å². The van der Waals surface area contributed by atoms with Gasteiger partial charge in [0, 0.05) is 43.2 Å². The molecule has 0 bridgehead atoms. The van der Waals surface area contributed by atoms with Crippen LogP contribution in [0.5, 0.6) is 0 Å². The van der Waals surface area contributed by atoms with Crippen LogP contribution in [0, 0.1) is 0 Å². The summed E-state index contributed by atoms with van der Waals surface area (Å²) in [5, 5.41) is 3.14. The molecule has 0 spiro atoms. The normalized spacial score (nSPS) is 12.8. The van der Waals surface area contributed by atoms with Crippen molar-refractivity contribution < 1.29 is 0 Å². The number of aromatic nitrogens is 1. The van der Waals surface area contributed by atoms with Gasteiger partial charge in [-0.3, -0.25) is 4.79 Å². The highest BCUT2D eigenvalue weighted by Crippen LogP contribution is 1.88. The van der Waals surface area contributed by atoms with Gasteiger partial charge in [0.05, 0.1) is 0 Å². The van der Waals surface area contributed by atoms with E-state index in [1.807, 2.05) is 6.92 Å². The minimum Gasteiger partial charge on any atom is -0.367 e. The molecule has 1 atom stereocenters. The van der Waals surface area contributed by atoms with Crippen molar-refractivity contribution in [3.63, 3.8) is 0 Å². The summed E-state index contributed by atoms with van der Waals surface area (Å²) in [5.74, 6) is 0. The first-order chi connectivity index (χ1) is 6.24. The summed E-state index contributed by atoms with van der Waals surface area (Å²) in [6.07, 6.45) is 3.33. The first-order valence-corrected chi connectivity index (χ1v) is 4.33. The van der Waals surface area contributed by atoms with Crippen LogP contribution in [0.3, 0.4) is 0 Å². The number of hydrogen-bond donors (Lipinski definition) is 3. The first-order valence-electron chi connectivity index (χ1n) is 4.33. The molecule has 1 aromatic heterocycles. The van der Waals surface area contributed by atoms with Crippen molar-refractivity contribution in [2.24, 2.45) is 5.73 Å². The molecule has 72 valence electrons. The lowest BCUT2D eigenvalue weighted by atomic mass is 10.2. The van der Waals surface area contributed by atoms with Gasteiger partial charge in [0.2, 0.25) is 0 Å². The Hall–Kier alpha value is -1.13. The maximum Gasteiger partial charge on any atom is 0.186 e. The third-order valence-corrected chi connectivity index (χ3v) is 1.90. The fourth-order valence-electron chi connectivity index (χ4n) is 0.956. The molecule has 0 saturated heterocycles. The average Bonchev–Trinajstić information content (AvgIpc) is 2.16. The van der Waals surface area contributed by atoms with Gasteiger partial charge in [-0.2, -0.15) is 0 Å². The van der Waals surface area contributed by atoms with Crippen LogP contribution >= 0.6 is 0 Å². The Kier molecular flexibility index (Phi) is 3.67. The Morgan fingerprint density at radius 1 is 1.69 bits per heavy atom. The van der Waals surface area contributed by atoms with E-state index in [2.05, 4.69) is 10.3 Å². The molecule has 1 unspecified atom stereocenters. The quantitative estimate of drug-likeness (QED) is 0.603. The number of aromatic amines is 1. The van der Waals surface area contributed by atoms with E-state index in [0.29, 0.717) is 13.1 Å². The molecule has 0 aromatic carbocycles. The highest BCUT2D eigenvalue weighted by atomic mass is 16.1. The molecule has 0 saturated carbocycles. The lowest BCUT2D eigenvalue weighted by Gasteiger charge is -2.09. The zero-order valence-corrected chi connectivity index (χ0v) is 7.71. The third-order valence-electron chi connectivity index (χ3n) is 1.90. The predicted octanol–water partition coefficient (Wildman–Crippen LogP) is -0.188. The number of pyridine rings is 1. The zero-order valence-electron chi connectivity index (χ0n) is 7.71. The standard InChI is InChI=1S/C9H15N3O/c1-7(4-10)12-6-8-5-11-3-2-9(8)13/h2-3,5,7,12H,4,6,10H2,1H3,(H,11,13). The van der Waals surface area contributed by atoms with Gasteiger partial charge >= 0.3 is 0 Å². The maximum atomic E-state index is 11.2. The smallest absolute Gasteiger partial charge is 0.186 e. The molecular formula is C9H15N3O. The molecular weight excluding hydrogens is 166 g/mol. The van der Waals surface area contributed by atoms with Gasteiger partial charge in [0.15, 0.2) is 5.43 Å². The molecule has 0 amide bonds. The summed E-state index contributed by atoms with van der Waals surface area (Å²) in [5.41, 5.74) is 6.22. The van der Waals surface area contributed by atoms with E-state index in [1.54, 1.807) is 12.4 Å². The zero-order chi connectivity index (χ0) is 9.68. The van der Waals surface area contributed by atoms with E-state index in [9.17, 15) is 4.79 Å². The second-order valence-corrected chi connectivity index (χ2v) is 3.05. The van der Waals surface area contributed by atoms with Gasteiger partial charge in [-0.05, 0) is 6.92 Å². The van der Waals surface area contributed by atoms with E-state index >= 15 is 0 Å². The molecule has 13 heavy (non-hydrogen) atoms. The highest BCUT2D eigenvalue weighted by molar-refractivity contribution is 5.08. The van der Waals surface area contributed by atoms with Gasteiger partial charge < -0.3 is 16.0 Å². The second kappa shape index (κ2) is 4.79. The van der Waals surface area contributed by atoms with Crippen molar-refractivity contribution in [2.45, 2.75) is 19.5 Å². The van der Waals surface area contributed by atoms with E-state index < -0.39 is 0 Å². The molecule has 1 heterocycles. The van der Waals surface area contributed by atoms with Crippen molar-refractivity contribution in [3.05, 3.63) is 34.2 Å². The van der Waals surface area contributed by atoms with Crippen molar-refractivity contribution in [2.75, 3.05) is 6.54 Å². The molecule has 4 N–H and O–H groups in total. The largest absolute Gasteiger partial charge is 0.367 e. The molecule has 4 nitrogen and oxygen atoms in total. The SMILES string of the molecule is CC(CN)NCc1c[nH]ccc1=O. The van der Waals surface area contributed by atoms with E-state index in [-0.39, 0.29) is 11.5 Å². The first kappa shape index (κ1) is 9.95. The van der Waals surface area contributed by atoms with Crippen LogP contribution in [-0.2, 0) is 6.54 Å². The number of nitrogens with one attached hydrogen (secondary N) is 2. The van der Waals surface area contributed by atoms with Crippen LogP contribution in [0.15, 0.2) is 23.3 Å². The Labute approximate surface area is 77.2 Å². The molecule has 4 heteroatoms. The molecule has 0 radical (unpaired) electrons. The Morgan fingerprint density at radius 2 is 2.46 bits per heavy atom. The van der Waals surface area contributed by atoms with E-state index in [4.69, 9.17) is 5.73 Å². The average molecular weight is 181 g/mol. The van der Waals surface area contributed by atoms with E-state index in [0.717, 1.165) is 5.56 Å². The topological polar surface area (TPSA) is 70.9 Å². The molecule has 1 aromatic rings. The second-order valence-electron chi connectivity index (χ2n) is 3.05. The fraction of sp³-hybridized carbons (Fsp3) is 0.444. The molecule has 0 aliphatic rings. The molecule has 0 aliphatic heterocycles. The van der Waals surface area contributed by atoms with E-state index in [1.165, 1.54) is 6.07 Å². The summed E-state index contributed by atoms with van der Waals surface area (Å²) in [4.78, 5) is 14.1. The Balaban J connectivity index is 2.55. The number of nitrogens with two attached hydrogens (primary N) is 1. The minimum absolute atomic E-state index is 0.0514. The third kappa shape index (κ3) is 3.01. The number of H-pyrrole nitrogens is 1. The van der Waals surface area contributed by atoms with Gasteiger partial charge in [0.1, 0.15) is 0 Å². The number of rotatable bonds is 4. The molecule has 0 aliphatic carbocycles. The number of hydrogen-bond acceptors (Lipinski definition) is 3. The van der Waals surface area contributed by atoms with Crippen LogP contribution in [0.25, 0.3) is 0 Å². The van der Waals surface area contributed by atoms with Gasteiger partial charge in [-0.25, -0.2) is 0 Å². The van der Waals surface area contributed by atoms with Crippen molar-refractivity contribution in [1.82, 2.24) is 10.3 Å². The van der Waals surface area contributed by atoms with Crippen LogP contribution in [0.4, 0.5) is 0 Å². The van der Waals surface area contributed by atoms with Crippen molar-refractivity contribution in [3.8, 4) is 0 Å². The lowest BCUT2D eigenvalue weighted by molar-refractivity contribution is 0.554. The van der Waals surface area contributed by atoms with Crippen LogP contribution < -0.4 is 16.5 Å². The summed E-state index contributed by atoms with van der Waals surface area (Å²) in [7, 11) is 0. The Bertz CT molecular complexity index is 308. The van der Waals surface area contributed by atoms with Crippen LogP contribution in [0.1, 0.15) is 12.5 Å². The fourth-order valence-corrected chi connectivity index (χ4v) is 0.956. The monoisotopic (exact) mass is 181 g/mol. The highest BCUT2D eigenvalue weighted by Gasteiger charge is 2.00. The van der Waals surface area contributed by atoms with Crippen LogP contribution in [0.2, 0.25) is 0 Å². The lowest BCUT2D eigenvalue weighted by Crippen LogP contribution is -2.33.